The van der Waals surface area contributed by atoms with E-state index in [1.807, 2.05) is 17.4 Å². The maximum atomic E-state index is 5.32. The molecule has 2 aromatic heterocycles. The van der Waals surface area contributed by atoms with E-state index in [-0.39, 0.29) is 0 Å². The molecular formula is C52H32N2S. The van der Waals surface area contributed by atoms with Crippen LogP contribution in [-0.4, -0.2) is 9.97 Å². The second-order valence-electron chi connectivity index (χ2n) is 14.1. The lowest BCUT2D eigenvalue weighted by Gasteiger charge is -2.15. The van der Waals surface area contributed by atoms with Crippen molar-refractivity contribution >= 4 is 63.8 Å². The summed E-state index contributed by atoms with van der Waals surface area (Å²) in [6, 6.07) is 69.8. The van der Waals surface area contributed by atoms with Gasteiger partial charge in [-0.2, -0.15) is 0 Å². The van der Waals surface area contributed by atoms with Crippen LogP contribution in [0, 0.1) is 0 Å². The summed E-state index contributed by atoms with van der Waals surface area (Å²) in [5, 5.41) is 10.1. The van der Waals surface area contributed by atoms with E-state index in [1.54, 1.807) is 0 Å². The second-order valence-corrected chi connectivity index (χ2v) is 15.2. The van der Waals surface area contributed by atoms with Gasteiger partial charge in [-0.3, -0.25) is 0 Å². The molecule has 9 aromatic carbocycles. The van der Waals surface area contributed by atoms with Crippen molar-refractivity contribution in [2.45, 2.75) is 0 Å². The Morgan fingerprint density at radius 3 is 1.80 bits per heavy atom. The van der Waals surface area contributed by atoms with Crippen LogP contribution in [0.2, 0.25) is 0 Å². The summed E-state index contributed by atoms with van der Waals surface area (Å²) >= 11 is 1.85. The van der Waals surface area contributed by atoms with Crippen LogP contribution in [0.25, 0.3) is 109 Å². The summed E-state index contributed by atoms with van der Waals surface area (Å²) < 4.78 is 2.61. The predicted octanol–water partition coefficient (Wildman–Crippen LogP) is 14.6. The van der Waals surface area contributed by atoms with Crippen molar-refractivity contribution in [1.29, 1.82) is 0 Å². The number of aromatic nitrogens is 2. The maximum absolute atomic E-state index is 5.32. The molecular weight excluding hydrogens is 685 g/mol. The number of hydrogen-bond donors (Lipinski definition) is 0. The van der Waals surface area contributed by atoms with Gasteiger partial charge in [0.25, 0.3) is 0 Å². The first-order valence-corrected chi connectivity index (χ1v) is 19.5. The van der Waals surface area contributed by atoms with Gasteiger partial charge in [0.1, 0.15) is 0 Å². The number of fused-ring (bicyclic) bond motifs is 7. The van der Waals surface area contributed by atoms with Crippen LogP contribution >= 0.6 is 11.3 Å². The molecule has 11 rings (SSSR count). The first-order chi connectivity index (χ1) is 27.2. The van der Waals surface area contributed by atoms with E-state index in [1.165, 1.54) is 69.2 Å². The van der Waals surface area contributed by atoms with Gasteiger partial charge < -0.3 is 0 Å². The molecule has 0 atom stereocenters. The fourth-order valence-corrected chi connectivity index (χ4v) is 9.33. The summed E-state index contributed by atoms with van der Waals surface area (Å²) in [4.78, 5) is 10.5. The van der Waals surface area contributed by atoms with E-state index in [0.29, 0.717) is 5.82 Å². The Kier molecular flexibility index (Phi) is 7.39. The normalized spacial score (nSPS) is 11.6. The minimum Gasteiger partial charge on any atom is -0.228 e. The predicted molar refractivity (Wildman–Crippen MR) is 235 cm³/mol. The largest absolute Gasteiger partial charge is 0.228 e. The molecule has 0 bridgehead atoms. The summed E-state index contributed by atoms with van der Waals surface area (Å²) in [7, 11) is 0. The third kappa shape index (κ3) is 5.40. The van der Waals surface area contributed by atoms with Crippen molar-refractivity contribution < 1.29 is 0 Å². The van der Waals surface area contributed by atoms with Gasteiger partial charge in [0.15, 0.2) is 5.82 Å². The summed E-state index contributed by atoms with van der Waals surface area (Å²) in [5.41, 5.74) is 9.63. The molecule has 2 heterocycles. The molecule has 0 radical (unpaired) electrons. The number of nitrogens with zero attached hydrogens (tertiary/aromatic N) is 2. The van der Waals surface area contributed by atoms with Crippen molar-refractivity contribution in [1.82, 2.24) is 9.97 Å². The van der Waals surface area contributed by atoms with Gasteiger partial charge in [-0.1, -0.05) is 164 Å². The highest BCUT2D eigenvalue weighted by atomic mass is 32.1. The molecule has 0 aliphatic rings. The molecule has 3 heteroatoms. The zero-order valence-corrected chi connectivity index (χ0v) is 30.6. The summed E-state index contributed by atoms with van der Waals surface area (Å²) in [5.74, 6) is 0.700. The highest BCUT2D eigenvalue weighted by Crippen LogP contribution is 2.42. The van der Waals surface area contributed by atoms with Crippen molar-refractivity contribution in [3.63, 3.8) is 0 Å². The topological polar surface area (TPSA) is 25.8 Å². The van der Waals surface area contributed by atoms with E-state index < -0.39 is 0 Å². The van der Waals surface area contributed by atoms with Crippen LogP contribution in [0.1, 0.15) is 0 Å². The lowest BCUT2D eigenvalue weighted by molar-refractivity contribution is 1.18. The van der Waals surface area contributed by atoms with Crippen molar-refractivity contribution in [3.05, 3.63) is 194 Å². The summed E-state index contributed by atoms with van der Waals surface area (Å²) in [6.45, 7) is 0. The molecule has 0 saturated heterocycles. The Bertz CT molecular complexity index is 3250. The Balaban J connectivity index is 1.06. The van der Waals surface area contributed by atoms with Gasteiger partial charge in [0, 0.05) is 36.9 Å². The lowest BCUT2D eigenvalue weighted by atomic mass is 9.89. The minimum absolute atomic E-state index is 0.700. The first kappa shape index (κ1) is 31.6. The fraction of sp³-hybridized carbons (Fsp3) is 0. The van der Waals surface area contributed by atoms with Crippen LogP contribution in [0.4, 0.5) is 0 Å². The molecule has 0 aliphatic carbocycles. The third-order valence-electron chi connectivity index (χ3n) is 10.9. The SMILES string of the molecule is c1ccc(-c2cc(-c3ccccc3-c3ccc4sc5ccccc5c4c3)nc(-c3ccc(-c4c5ccccc5cc5c4ccc4ccccc45)cc3)n2)cc1. The van der Waals surface area contributed by atoms with Gasteiger partial charge in [-0.15, -0.1) is 11.3 Å². The molecule has 0 aliphatic heterocycles. The van der Waals surface area contributed by atoms with Gasteiger partial charge in [-0.25, -0.2) is 9.97 Å². The van der Waals surface area contributed by atoms with Crippen molar-refractivity contribution in [3.8, 4) is 56.2 Å². The van der Waals surface area contributed by atoms with Crippen LogP contribution in [0.5, 0.6) is 0 Å². The lowest BCUT2D eigenvalue weighted by Crippen LogP contribution is -1.97. The van der Waals surface area contributed by atoms with E-state index in [4.69, 9.17) is 9.97 Å². The van der Waals surface area contributed by atoms with Gasteiger partial charge in [-0.05, 0) is 84.9 Å². The van der Waals surface area contributed by atoms with E-state index >= 15 is 0 Å². The number of thiophene rings is 1. The number of rotatable bonds is 5. The van der Waals surface area contributed by atoms with Crippen LogP contribution in [0.3, 0.4) is 0 Å². The first-order valence-electron chi connectivity index (χ1n) is 18.6. The molecule has 0 saturated carbocycles. The standard InChI is InChI=1S/C52H32N2S/c1-2-13-34(14-3-1)47-32-48(42-19-9-8-17-40(42)38-27-29-50-46(31-38)43-20-10-11-21-49(43)55-50)54-52(53-47)36-24-22-35(23-25-36)51-41-18-7-5-15-37(41)30-45-39-16-6-4-12-33(39)26-28-44(45)51/h1-32H. The Morgan fingerprint density at radius 2 is 0.945 bits per heavy atom. The highest BCUT2D eigenvalue weighted by Gasteiger charge is 2.17. The average Bonchev–Trinajstić information content (AvgIpc) is 3.64. The molecule has 55 heavy (non-hydrogen) atoms. The van der Waals surface area contributed by atoms with Crippen molar-refractivity contribution in [2.24, 2.45) is 0 Å². The van der Waals surface area contributed by atoms with Crippen LogP contribution < -0.4 is 0 Å². The van der Waals surface area contributed by atoms with E-state index in [0.717, 1.165) is 33.6 Å². The quantitative estimate of drug-likeness (QED) is 0.131. The molecule has 11 aromatic rings. The Labute approximate surface area is 322 Å². The number of hydrogen-bond acceptors (Lipinski definition) is 3. The maximum Gasteiger partial charge on any atom is 0.160 e. The zero-order chi connectivity index (χ0) is 36.3. The van der Waals surface area contributed by atoms with Crippen LogP contribution in [-0.2, 0) is 0 Å². The van der Waals surface area contributed by atoms with Gasteiger partial charge in [0.05, 0.1) is 11.4 Å². The summed E-state index contributed by atoms with van der Waals surface area (Å²) in [6.07, 6.45) is 0. The molecule has 0 amide bonds. The average molecular weight is 717 g/mol. The molecule has 256 valence electrons. The second kappa shape index (κ2) is 12.9. The fourth-order valence-electron chi connectivity index (χ4n) is 8.24. The van der Waals surface area contributed by atoms with Gasteiger partial charge >= 0.3 is 0 Å². The Morgan fingerprint density at radius 1 is 0.309 bits per heavy atom. The number of benzene rings is 9. The van der Waals surface area contributed by atoms with Gasteiger partial charge in [0.2, 0.25) is 0 Å². The highest BCUT2D eigenvalue weighted by molar-refractivity contribution is 7.25. The minimum atomic E-state index is 0.700. The monoisotopic (exact) mass is 716 g/mol. The molecule has 0 unspecified atom stereocenters. The molecule has 2 nitrogen and oxygen atoms in total. The van der Waals surface area contributed by atoms with Crippen LogP contribution in [0.15, 0.2) is 194 Å². The van der Waals surface area contributed by atoms with Crippen molar-refractivity contribution in [2.75, 3.05) is 0 Å². The third-order valence-corrected chi connectivity index (χ3v) is 12.0. The van der Waals surface area contributed by atoms with E-state index in [9.17, 15) is 0 Å². The van der Waals surface area contributed by atoms with E-state index in [2.05, 4.69) is 188 Å². The molecule has 0 fully saturated rings. The Hall–Kier alpha value is -6.94. The smallest absolute Gasteiger partial charge is 0.160 e. The zero-order valence-electron chi connectivity index (χ0n) is 29.8. The molecule has 0 N–H and O–H groups in total. The molecule has 0 spiro atoms.